The minimum absolute atomic E-state index is 0.0235. The third-order valence-corrected chi connectivity index (χ3v) is 4.88. The van der Waals surface area contributed by atoms with Crippen LogP contribution in [-0.2, 0) is 4.79 Å². The first kappa shape index (κ1) is 20.6. The lowest BCUT2D eigenvalue weighted by molar-refractivity contribution is -0.116. The van der Waals surface area contributed by atoms with Crippen LogP contribution in [0.5, 0.6) is 0 Å². The van der Waals surface area contributed by atoms with Crippen LogP contribution in [-0.4, -0.2) is 29.0 Å². The molecule has 0 aliphatic carbocycles. The van der Waals surface area contributed by atoms with E-state index in [0.29, 0.717) is 30.5 Å². The molecule has 0 saturated carbocycles. The number of furan rings is 1. The van der Waals surface area contributed by atoms with Crippen molar-refractivity contribution in [2.24, 2.45) is 5.92 Å². The Morgan fingerprint density at radius 1 is 1.00 bits per heavy atom. The second-order valence-electron chi connectivity index (χ2n) is 7.87. The Labute approximate surface area is 181 Å². The van der Waals surface area contributed by atoms with Gasteiger partial charge in [-0.3, -0.25) is 4.79 Å². The fraction of sp³-hybridized carbons (Fsp3) is 0.240. The van der Waals surface area contributed by atoms with Gasteiger partial charge in [-0.1, -0.05) is 44.2 Å². The molecule has 0 radical (unpaired) electrons. The number of benzene rings is 2. The molecule has 2 aromatic carbocycles. The molecule has 6 nitrogen and oxygen atoms in total. The summed E-state index contributed by atoms with van der Waals surface area (Å²) in [6.07, 6.45) is 1.98. The van der Waals surface area contributed by atoms with Gasteiger partial charge in [0.05, 0.1) is 11.8 Å². The monoisotopic (exact) mass is 414 g/mol. The highest BCUT2D eigenvalue weighted by Gasteiger charge is 2.18. The highest BCUT2D eigenvalue weighted by molar-refractivity contribution is 5.93. The topological polar surface area (TPSA) is 71.3 Å². The number of hydrogen-bond donors (Lipinski definition) is 1. The lowest BCUT2D eigenvalue weighted by atomic mass is 10.1. The number of carbonyl (C=O) groups is 1. The van der Waals surface area contributed by atoms with Gasteiger partial charge in [0.1, 0.15) is 5.82 Å². The minimum atomic E-state index is -0.0235. The van der Waals surface area contributed by atoms with Crippen LogP contribution in [0, 0.1) is 5.92 Å². The van der Waals surface area contributed by atoms with Gasteiger partial charge >= 0.3 is 0 Å². The maximum absolute atomic E-state index is 12.6. The fourth-order valence-electron chi connectivity index (χ4n) is 3.52. The van der Waals surface area contributed by atoms with Crippen molar-refractivity contribution in [2.75, 3.05) is 23.3 Å². The lowest BCUT2D eigenvalue weighted by Gasteiger charge is -2.27. The molecule has 0 aliphatic heterocycles. The molecule has 0 spiro atoms. The Morgan fingerprint density at radius 2 is 1.77 bits per heavy atom. The number of rotatable bonds is 8. The Kier molecular flexibility index (Phi) is 6.26. The highest BCUT2D eigenvalue weighted by Crippen LogP contribution is 2.28. The van der Waals surface area contributed by atoms with Crippen molar-refractivity contribution in [3.8, 4) is 11.6 Å². The van der Waals surface area contributed by atoms with Crippen molar-refractivity contribution in [2.45, 2.75) is 20.3 Å². The van der Waals surface area contributed by atoms with Crippen LogP contribution in [0.2, 0.25) is 0 Å². The zero-order valence-corrected chi connectivity index (χ0v) is 17.8. The molecule has 1 N–H and O–H groups in total. The maximum Gasteiger partial charge on any atom is 0.226 e. The summed E-state index contributed by atoms with van der Waals surface area (Å²) >= 11 is 0. The van der Waals surface area contributed by atoms with E-state index in [1.807, 2.05) is 66.7 Å². The molecule has 158 valence electrons. The van der Waals surface area contributed by atoms with E-state index in [-0.39, 0.29) is 5.91 Å². The molecule has 0 bridgehead atoms. The third kappa shape index (κ3) is 5.09. The van der Waals surface area contributed by atoms with Gasteiger partial charge in [-0.15, -0.1) is 0 Å². The normalized spacial score (nSPS) is 11.1. The van der Waals surface area contributed by atoms with Crippen LogP contribution in [0.4, 0.5) is 11.5 Å². The van der Waals surface area contributed by atoms with Gasteiger partial charge in [0.2, 0.25) is 5.91 Å². The molecule has 2 heterocycles. The average Bonchev–Trinajstić information content (AvgIpc) is 3.31. The van der Waals surface area contributed by atoms with E-state index >= 15 is 0 Å². The number of nitrogens with one attached hydrogen (secondary N) is 1. The SMILES string of the molecule is CC(C)CN(CCC(=O)Nc1ccccc1)c1nc(-c2ccco2)nc2ccccc12. The molecule has 0 saturated heterocycles. The number of hydrogen-bond acceptors (Lipinski definition) is 5. The largest absolute Gasteiger partial charge is 0.461 e. The molecular formula is C25H26N4O2. The number of amides is 1. The Bertz CT molecular complexity index is 1140. The molecule has 4 rings (SSSR count). The van der Waals surface area contributed by atoms with Gasteiger partial charge < -0.3 is 14.6 Å². The first-order valence-corrected chi connectivity index (χ1v) is 10.5. The summed E-state index contributed by atoms with van der Waals surface area (Å²) in [5, 5.41) is 3.92. The minimum Gasteiger partial charge on any atom is -0.461 e. The number of nitrogens with zero attached hydrogens (tertiary/aromatic N) is 3. The quantitative estimate of drug-likeness (QED) is 0.419. The van der Waals surface area contributed by atoms with Crippen LogP contribution in [0.1, 0.15) is 20.3 Å². The molecule has 4 aromatic rings. The van der Waals surface area contributed by atoms with Gasteiger partial charge in [-0.05, 0) is 42.3 Å². The van der Waals surface area contributed by atoms with Gasteiger partial charge in [0, 0.05) is 30.6 Å². The lowest BCUT2D eigenvalue weighted by Crippen LogP contribution is -2.32. The molecule has 0 aliphatic rings. The van der Waals surface area contributed by atoms with Crippen molar-refractivity contribution >= 4 is 28.3 Å². The van der Waals surface area contributed by atoms with Gasteiger partial charge in [0.15, 0.2) is 11.6 Å². The Hall–Kier alpha value is -3.67. The first-order chi connectivity index (χ1) is 15.1. The van der Waals surface area contributed by atoms with Crippen molar-refractivity contribution in [3.05, 3.63) is 73.0 Å². The highest BCUT2D eigenvalue weighted by atomic mass is 16.3. The van der Waals surface area contributed by atoms with E-state index in [1.54, 1.807) is 6.26 Å². The second-order valence-corrected chi connectivity index (χ2v) is 7.87. The molecule has 0 fully saturated rings. The smallest absolute Gasteiger partial charge is 0.226 e. The van der Waals surface area contributed by atoms with Crippen molar-refractivity contribution in [1.29, 1.82) is 0 Å². The zero-order chi connectivity index (χ0) is 21.6. The summed E-state index contributed by atoms with van der Waals surface area (Å²) in [5.74, 6) is 2.36. The summed E-state index contributed by atoms with van der Waals surface area (Å²) in [5.41, 5.74) is 1.65. The summed E-state index contributed by atoms with van der Waals surface area (Å²) in [7, 11) is 0. The fourth-order valence-corrected chi connectivity index (χ4v) is 3.52. The van der Waals surface area contributed by atoms with E-state index in [4.69, 9.17) is 9.40 Å². The van der Waals surface area contributed by atoms with Crippen molar-refractivity contribution < 1.29 is 9.21 Å². The summed E-state index contributed by atoms with van der Waals surface area (Å²) in [6.45, 7) is 5.65. The zero-order valence-electron chi connectivity index (χ0n) is 17.8. The number of carbonyl (C=O) groups excluding carboxylic acids is 1. The van der Waals surface area contributed by atoms with Crippen LogP contribution in [0.15, 0.2) is 77.4 Å². The van der Waals surface area contributed by atoms with Crippen molar-refractivity contribution in [3.63, 3.8) is 0 Å². The molecule has 1 amide bonds. The van der Waals surface area contributed by atoms with Crippen LogP contribution >= 0.6 is 0 Å². The van der Waals surface area contributed by atoms with Crippen LogP contribution in [0.25, 0.3) is 22.5 Å². The molecule has 2 aromatic heterocycles. The number of para-hydroxylation sites is 2. The van der Waals surface area contributed by atoms with E-state index in [1.165, 1.54) is 0 Å². The van der Waals surface area contributed by atoms with E-state index in [9.17, 15) is 4.79 Å². The average molecular weight is 415 g/mol. The molecule has 0 unspecified atom stereocenters. The standard InChI is InChI=1S/C25H26N4O2/c1-18(2)17-29(15-14-23(30)26-19-9-4-3-5-10-19)25-20-11-6-7-12-21(20)27-24(28-25)22-13-8-16-31-22/h3-13,16,18H,14-15,17H2,1-2H3,(H,26,30). The predicted octanol–water partition coefficient (Wildman–Crippen LogP) is 5.38. The van der Waals surface area contributed by atoms with Crippen LogP contribution in [0.3, 0.4) is 0 Å². The first-order valence-electron chi connectivity index (χ1n) is 10.5. The van der Waals surface area contributed by atoms with E-state index in [2.05, 4.69) is 29.0 Å². The number of fused-ring (bicyclic) bond motifs is 1. The van der Waals surface area contributed by atoms with Gasteiger partial charge in [-0.25, -0.2) is 9.97 Å². The van der Waals surface area contributed by atoms with Gasteiger partial charge in [0.25, 0.3) is 0 Å². The molecular weight excluding hydrogens is 388 g/mol. The summed E-state index contributed by atoms with van der Waals surface area (Å²) < 4.78 is 5.54. The van der Waals surface area contributed by atoms with E-state index < -0.39 is 0 Å². The molecule has 0 atom stereocenters. The van der Waals surface area contributed by atoms with Gasteiger partial charge in [-0.2, -0.15) is 0 Å². The Balaban J connectivity index is 1.63. The van der Waals surface area contributed by atoms with E-state index in [0.717, 1.165) is 29.0 Å². The Morgan fingerprint density at radius 3 is 2.52 bits per heavy atom. The summed E-state index contributed by atoms with van der Waals surface area (Å²) in [6, 6.07) is 21.1. The molecule has 6 heteroatoms. The number of anilines is 2. The third-order valence-electron chi connectivity index (χ3n) is 4.88. The van der Waals surface area contributed by atoms with Crippen LogP contribution < -0.4 is 10.2 Å². The second kappa shape index (κ2) is 9.43. The maximum atomic E-state index is 12.6. The predicted molar refractivity (Wildman–Crippen MR) is 124 cm³/mol. The molecule has 31 heavy (non-hydrogen) atoms. The summed E-state index contributed by atoms with van der Waals surface area (Å²) in [4.78, 5) is 24.3. The van der Waals surface area contributed by atoms with Crippen molar-refractivity contribution in [1.82, 2.24) is 9.97 Å². The number of aromatic nitrogens is 2.